The Morgan fingerprint density at radius 2 is 2.00 bits per heavy atom. The first-order chi connectivity index (χ1) is 9.21. The van der Waals surface area contributed by atoms with Gasteiger partial charge in [-0.1, -0.05) is 0 Å². The van der Waals surface area contributed by atoms with Crippen molar-refractivity contribution in [1.29, 1.82) is 10.5 Å². The minimum atomic E-state index is -0.482. The van der Waals surface area contributed by atoms with Gasteiger partial charge in [0.1, 0.15) is 11.6 Å². The van der Waals surface area contributed by atoms with Crippen molar-refractivity contribution in [2.45, 2.75) is 0 Å². The van der Waals surface area contributed by atoms with Gasteiger partial charge in [-0.15, -0.1) is 11.6 Å². The molecule has 1 aromatic rings. The zero-order valence-electron chi connectivity index (χ0n) is 9.98. The summed E-state index contributed by atoms with van der Waals surface area (Å²) in [6.07, 6.45) is 1.31. The number of hydrogen-bond acceptors (Lipinski definition) is 4. The van der Waals surface area contributed by atoms with Gasteiger partial charge in [-0.3, -0.25) is 4.79 Å². The molecule has 0 heterocycles. The summed E-state index contributed by atoms with van der Waals surface area (Å²) in [5.41, 5.74) is 1.17. The number of hydrogen-bond donors (Lipinski definition) is 2. The summed E-state index contributed by atoms with van der Waals surface area (Å²) in [6.45, 7) is 0.302. The Labute approximate surface area is 116 Å². The molecule has 0 spiro atoms. The number of benzene rings is 1. The molecule has 5 nitrogen and oxygen atoms in total. The third-order valence-corrected chi connectivity index (χ3v) is 2.33. The van der Waals surface area contributed by atoms with Crippen molar-refractivity contribution in [3.8, 4) is 12.1 Å². The molecule has 1 amide bonds. The van der Waals surface area contributed by atoms with Crippen LogP contribution in [0.15, 0.2) is 36.0 Å². The maximum Gasteiger partial charge on any atom is 0.263 e. The van der Waals surface area contributed by atoms with Crippen molar-refractivity contribution in [3.05, 3.63) is 41.6 Å². The van der Waals surface area contributed by atoms with Gasteiger partial charge < -0.3 is 10.6 Å². The first-order valence-electron chi connectivity index (χ1n) is 5.42. The lowest BCUT2D eigenvalue weighted by Crippen LogP contribution is -2.26. The Morgan fingerprint density at radius 1 is 1.32 bits per heavy atom. The highest BCUT2D eigenvalue weighted by Gasteiger charge is 2.07. The van der Waals surface area contributed by atoms with E-state index in [-0.39, 0.29) is 11.5 Å². The molecule has 0 radical (unpaired) electrons. The van der Waals surface area contributed by atoms with Crippen molar-refractivity contribution in [2.75, 3.05) is 17.7 Å². The molecule has 0 aromatic heterocycles. The standard InChI is InChI=1S/C13H11ClN4O/c14-5-6-17-13(19)11(8-16)9-18-12-3-1-10(7-15)2-4-12/h1-4,9,18H,5-6H2,(H,17,19)/b11-9-. The lowest BCUT2D eigenvalue weighted by Gasteiger charge is -2.03. The zero-order chi connectivity index (χ0) is 14.1. The van der Waals surface area contributed by atoms with E-state index in [9.17, 15) is 4.79 Å². The largest absolute Gasteiger partial charge is 0.360 e. The molecule has 2 N–H and O–H groups in total. The molecule has 0 saturated heterocycles. The molecule has 0 bridgehead atoms. The molecule has 96 valence electrons. The van der Waals surface area contributed by atoms with E-state index < -0.39 is 5.91 Å². The number of amides is 1. The quantitative estimate of drug-likeness (QED) is 0.486. The van der Waals surface area contributed by atoms with Gasteiger partial charge in [0.05, 0.1) is 11.6 Å². The zero-order valence-corrected chi connectivity index (χ0v) is 10.7. The first kappa shape index (κ1) is 14.6. The Kier molecular flexibility index (Phi) is 5.94. The number of rotatable bonds is 5. The Hall–Kier alpha value is -2.50. The number of alkyl halides is 1. The number of nitriles is 2. The van der Waals surface area contributed by atoms with Crippen LogP contribution in [0.3, 0.4) is 0 Å². The topological polar surface area (TPSA) is 88.7 Å². The van der Waals surface area contributed by atoms with Gasteiger partial charge in [-0.05, 0) is 24.3 Å². The Bertz CT molecular complexity index is 551. The van der Waals surface area contributed by atoms with E-state index in [4.69, 9.17) is 22.1 Å². The van der Waals surface area contributed by atoms with Crippen LogP contribution in [0.2, 0.25) is 0 Å². The molecular weight excluding hydrogens is 264 g/mol. The van der Waals surface area contributed by atoms with E-state index in [1.807, 2.05) is 6.07 Å². The van der Waals surface area contributed by atoms with Crippen LogP contribution in [-0.4, -0.2) is 18.3 Å². The number of nitrogens with one attached hydrogen (secondary N) is 2. The van der Waals surface area contributed by atoms with E-state index in [0.717, 1.165) is 0 Å². The van der Waals surface area contributed by atoms with Gasteiger partial charge in [-0.25, -0.2) is 0 Å². The summed E-state index contributed by atoms with van der Waals surface area (Å²) in [7, 11) is 0. The minimum absolute atomic E-state index is 0.0468. The summed E-state index contributed by atoms with van der Waals surface area (Å²) in [5, 5.41) is 22.8. The second kappa shape index (κ2) is 7.75. The monoisotopic (exact) mass is 274 g/mol. The molecule has 0 unspecified atom stereocenters. The van der Waals surface area contributed by atoms with Crippen LogP contribution in [0.5, 0.6) is 0 Å². The molecule has 6 heteroatoms. The number of anilines is 1. The number of halogens is 1. The highest BCUT2D eigenvalue weighted by atomic mass is 35.5. The van der Waals surface area contributed by atoms with Crippen LogP contribution in [0.1, 0.15) is 5.56 Å². The SMILES string of the molecule is N#C/C(=C/Nc1ccc(C#N)cc1)C(=O)NCCCl. The average molecular weight is 275 g/mol. The van der Waals surface area contributed by atoms with Gasteiger partial charge >= 0.3 is 0 Å². The predicted octanol–water partition coefficient (Wildman–Crippen LogP) is 1.73. The van der Waals surface area contributed by atoms with Crippen molar-refractivity contribution in [2.24, 2.45) is 0 Å². The summed E-state index contributed by atoms with van der Waals surface area (Å²) in [4.78, 5) is 11.5. The third-order valence-electron chi connectivity index (χ3n) is 2.14. The van der Waals surface area contributed by atoms with Crippen LogP contribution in [0.25, 0.3) is 0 Å². The fourth-order valence-electron chi connectivity index (χ4n) is 1.20. The molecule has 0 aliphatic heterocycles. The summed E-state index contributed by atoms with van der Waals surface area (Å²) >= 11 is 5.44. The molecule has 0 fully saturated rings. The van der Waals surface area contributed by atoms with E-state index in [2.05, 4.69) is 10.6 Å². The summed E-state index contributed by atoms with van der Waals surface area (Å²) in [6, 6.07) is 10.4. The van der Waals surface area contributed by atoms with Crippen LogP contribution < -0.4 is 10.6 Å². The fourth-order valence-corrected chi connectivity index (χ4v) is 1.30. The van der Waals surface area contributed by atoms with Crippen molar-refractivity contribution < 1.29 is 4.79 Å². The fraction of sp³-hybridized carbons (Fsp3) is 0.154. The molecular formula is C13H11ClN4O. The van der Waals surface area contributed by atoms with Crippen LogP contribution in [-0.2, 0) is 4.79 Å². The normalized spacial score (nSPS) is 10.2. The highest BCUT2D eigenvalue weighted by molar-refractivity contribution is 6.18. The van der Waals surface area contributed by atoms with Gasteiger partial charge in [-0.2, -0.15) is 10.5 Å². The van der Waals surface area contributed by atoms with Crippen molar-refractivity contribution >= 4 is 23.2 Å². The lowest BCUT2D eigenvalue weighted by molar-refractivity contribution is -0.117. The summed E-state index contributed by atoms with van der Waals surface area (Å²) < 4.78 is 0. The smallest absolute Gasteiger partial charge is 0.263 e. The van der Waals surface area contributed by atoms with Gasteiger partial charge in [0.15, 0.2) is 0 Å². The van der Waals surface area contributed by atoms with E-state index in [1.165, 1.54) is 6.20 Å². The average Bonchev–Trinajstić information content (AvgIpc) is 2.46. The van der Waals surface area contributed by atoms with Crippen molar-refractivity contribution in [1.82, 2.24) is 5.32 Å². The van der Waals surface area contributed by atoms with Crippen LogP contribution in [0.4, 0.5) is 5.69 Å². The highest BCUT2D eigenvalue weighted by Crippen LogP contribution is 2.09. The molecule has 0 atom stereocenters. The first-order valence-corrected chi connectivity index (χ1v) is 5.96. The Morgan fingerprint density at radius 3 is 2.53 bits per heavy atom. The summed E-state index contributed by atoms with van der Waals surface area (Å²) in [5.74, 6) is -0.197. The molecule has 1 rings (SSSR count). The lowest BCUT2D eigenvalue weighted by atomic mass is 10.2. The van der Waals surface area contributed by atoms with Crippen LogP contribution >= 0.6 is 11.6 Å². The Balaban J connectivity index is 2.69. The molecule has 1 aromatic carbocycles. The third kappa shape index (κ3) is 4.71. The second-order valence-electron chi connectivity index (χ2n) is 3.45. The molecule has 19 heavy (non-hydrogen) atoms. The maximum absolute atomic E-state index is 11.5. The minimum Gasteiger partial charge on any atom is -0.360 e. The van der Waals surface area contributed by atoms with E-state index in [1.54, 1.807) is 30.3 Å². The van der Waals surface area contributed by atoms with Crippen molar-refractivity contribution in [3.63, 3.8) is 0 Å². The second-order valence-corrected chi connectivity index (χ2v) is 3.83. The number of carbonyl (C=O) groups excluding carboxylic acids is 1. The maximum atomic E-state index is 11.5. The van der Waals surface area contributed by atoms with Gasteiger partial charge in [0.25, 0.3) is 5.91 Å². The van der Waals surface area contributed by atoms with Gasteiger partial charge in [0, 0.05) is 24.3 Å². The van der Waals surface area contributed by atoms with E-state index >= 15 is 0 Å². The molecule has 0 aliphatic rings. The molecule has 0 aliphatic carbocycles. The molecule has 0 saturated carbocycles. The van der Waals surface area contributed by atoms with Gasteiger partial charge in [0.2, 0.25) is 0 Å². The predicted molar refractivity (Wildman–Crippen MR) is 72.2 cm³/mol. The number of carbonyl (C=O) groups is 1. The number of nitrogens with zero attached hydrogens (tertiary/aromatic N) is 2. The van der Waals surface area contributed by atoms with Crippen LogP contribution in [0, 0.1) is 22.7 Å². The van der Waals surface area contributed by atoms with E-state index in [0.29, 0.717) is 17.8 Å².